The third-order valence-electron chi connectivity index (χ3n) is 9.71. The summed E-state index contributed by atoms with van der Waals surface area (Å²) in [6, 6.07) is 0. The molecule has 3 rings (SSSR count). The van der Waals surface area contributed by atoms with Crippen LogP contribution in [-0.2, 0) is 18.6 Å². The molecule has 46 heavy (non-hydrogen) atoms. The summed E-state index contributed by atoms with van der Waals surface area (Å²) in [5.74, 6) is -0.0808. The van der Waals surface area contributed by atoms with Crippen LogP contribution in [0.3, 0.4) is 0 Å². The van der Waals surface area contributed by atoms with Crippen LogP contribution in [0, 0.1) is 0 Å². The van der Waals surface area contributed by atoms with E-state index in [1.165, 1.54) is 6.33 Å². The van der Waals surface area contributed by atoms with Gasteiger partial charge >= 0.3 is 12.2 Å². The van der Waals surface area contributed by atoms with E-state index >= 15 is 0 Å². The number of anilines is 1. The highest BCUT2D eigenvalue weighted by Gasteiger charge is 2.62. The van der Waals surface area contributed by atoms with Crippen molar-refractivity contribution in [3.8, 4) is 0 Å². The van der Waals surface area contributed by atoms with E-state index in [9.17, 15) is 14.7 Å². The molecule has 0 aliphatic carbocycles. The van der Waals surface area contributed by atoms with E-state index in [0.717, 1.165) is 4.90 Å². The number of aliphatic hydroxyl groups is 1. The van der Waals surface area contributed by atoms with Crippen molar-refractivity contribution in [3.05, 3.63) is 12.7 Å². The molecular weight excluding hydrogens is 623 g/mol. The first-order chi connectivity index (χ1) is 20.5. The van der Waals surface area contributed by atoms with Crippen molar-refractivity contribution in [3.63, 3.8) is 0 Å². The molecule has 3 atom stereocenters. The Kier molecular flexibility index (Phi) is 10.1. The summed E-state index contributed by atoms with van der Waals surface area (Å²) in [5.41, 5.74) is -1.28. The van der Waals surface area contributed by atoms with Gasteiger partial charge in [-0.25, -0.2) is 24.5 Å². The molecule has 2 aromatic heterocycles. The molecule has 1 fully saturated rings. The van der Waals surface area contributed by atoms with Crippen LogP contribution in [0.1, 0.15) is 95.7 Å². The van der Waals surface area contributed by atoms with Crippen molar-refractivity contribution in [2.24, 2.45) is 0 Å². The van der Waals surface area contributed by atoms with Crippen molar-refractivity contribution in [2.45, 2.75) is 155 Å². The Morgan fingerprint density at radius 3 is 1.89 bits per heavy atom. The second kappa shape index (κ2) is 12.2. The van der Waals surface area contributed by atoms with Crippen LogP contribution in [-0.4, -0.2) is 82.3 Å². The summed E-state index contributed by atoms with van der Waals surface area (Å²) in [7, 11) is -4.62. The molecule has 1 aliphatic heterocycles. The van der Waals surface area contributed by atoms with Gasteiger partial charge in [-0.05, 0) is 64.7 Å². The second-order valence-corrected chi connectivity index (χ2v) is 27.9. The standard InChI is InChI=1S/C32H57N5O7Si2/c1-28(2,3)43-26(38)37(27(39)44-29(4,5)6)25-23-24(33-19-34-25)36(20-35-23)22-17-32(40,45(13,14)30(7,8)9)21(42-22)18-41-46(15,16)31(10,11)12/h19-22,40H,17-18H2,1-16H3/t21-,22-,32-/m1/s1. The summed E-state index contributed by atoms with van der Waals surface area (Å²) >= 11 is 0. The predicted molar refractivity (Wildman–Crippen MR) is 184 cm³/mol. The number of carbonyl (C=O) groups is 2. The van der Waals surface area contributed by atoms with Crippen LogP contribution in [0.15, 0.2) is 12.7 Å². The molecule has 12 nitrogen and oxygen atoms in total. The molecule has 0 spiro atoms. The van der Waals surface area contributed by atoms with Gasteiger partial charge in [0.15, 0.2) is 25.3 Å². The van der Waals surface area contributed by atoms with Gasteiger partial charge in [-0.3, -0.25) is 4.57 Å². The van der Waals surface area contributed by atoms with Gasteiger partial charge in [-0.2, -0.15) is 4.90 Å². The molecule has 0 radical (unpaired) electrons. The smallest absolute Gasteiger partial charge is 0.425 e. The van der Waals surface area contributed by atoms with Crippen LogP contribution in [0.5, 0.6) is 0 Å². The number of nitrogens with zero attached hydrogens (tertiary/aromatic N) is 5. The topological polar surface area (TPSA) is 138 Å². The number of aromatic nitrogens is 4. The number of fused-ring (bicyclic) bond motifs is 1. The predicted octanol–water partition coefficient (Wildman–Crippen LogP) is 7.59. The minimum atomic E-state index is -2.46. The van der Waals surface area contributed by atoms with Gasteiger partial charge < -0.3 is 23.7 Å². The minimum absolute atomic E-state index is 0.0118. The summed E-state index contributed by atoms with van der Waals surface area (Å²) in [6.45, 7) is 32.3. The minimum Gasteiger partial charge on any atom is -0.443 e. The van der Waals surface area contributed by atoms with E-state index in [2.05, 4.69) is 82.7 Å². The molecule has 1 saturated heterocycles. The van der Waals surface area contributed by atoms with Crippen molar-refractivity contribution in [1.29, 1.82) is 0 Å². The third kappa shape index (κ3) is 7.66. The van der Waals surface area contributed by atoms with Crippen molar-refractivity contribution in [2.75, 3.05) is 11.5 Å². The van der Waals surface area contributed by atoms with Gasteiger partial charge in [0.1, 0.15) is 29.9 Å². The van der Waals surface area contributed by atoms with Gasteiger partial charge in [0.05, 0.1) is 26.2 Å². The van der Waals surface area contributed by atoms with Crippen LogP contribution < -0.4 is 4.90 Å². The highest BCUT2D eigenvalue weighted by atomic mass is 28.4. The Bertz CT molecular complexity index is 1410. The zero-order valence-corrected chi connectivity index (χ0v) is 32.9. The van der Waals surface area contributed by atoms with Crippen LogP contribution >= 0.6 is 0 Å². The number of hydrogen-bond acceptors (Lipinski definition) is 10. The Labute approximate surface area is 276 Å². The number of imide groups is 1. The zero-order chi connectivity index (χ0) is 35.5. The quantitative estimate of drug-likeness (QED) is 0.304. The Morgan fingerprint density at radius 1 is 0.913 bits per heavy atom. The third-order valence-corrected chi connectivity index (χ3v) is 20.7. The van der Waals surface area contributed by atoms with Gasteiger partial charge in [0.2, 0.25) is 0 Å². The maximum Gasteiger partial charge on any atom is 0.425 e. The van der Waals surface area contributed by atoms with Gasteiger partial charge in [0.25, 0.3) is 0 Å². The van der Waals surface area contributed by atoms with Crippen LogP contribution in [0.25, 0.3) is 11.2 Å². The first kappa shape index (κ1) is 38.1. The van der Waals surface area contributed by atoms with Gasteiger partial charge in [-0.15, -0.1) is 0 Å². The van der Waals surface area contributed by atoms with E-state index < -0.39 is 57.3 Å². The monoisotopic (exact) mass is 679 g/mol. The number of carbonyl (C=O) groups excluding carboxylic acids is 2. The largest absolute Gasteiger partial charge is 0.443 e. The number of imidazole rings is 1. The van der Waals surface area contributed by atoms with Gasteiger partial charge in [-0.1, -0.05) is 54.6 Å². The van der Waals surface area contributed by atoms with E-state index in [0.29, 0.717) is 12.1 Å². The lowest BCUT2D eigenvalue weighted by atomic mass is 10.1. The number of amides is 2. The van der Waals surface area contributed by atoms with Crippen LogP contribution in [0.2, 0.25) is 36.3 Å². The van der Waals surface area contributed by atoms with E-state index in [-0.39, 0.29) is 28.0 Å². The van der Waals surface area contributed by atoms with Gasteiger partial charge in [0, 0.05) is 6.42 Å². The first-order valence-electron chi connectivity index (χ1n) is 16.0. The maximum absolute atomic E-state index is 13.4. The fraction of sp³-hybridized carbons (Fsp3) is 0.781. The molecular formula is C32H57N5O7Si2. The highest BCUT2D eigenvalue weighted by Crippen LogP contribution is 2.52. The summed E-state index contributed by atoms with van der Waals surface area (Å²) < 4.78 is 26.2. The number of ether oxygens (including phenoxy) is 3. The zero-order valence-electron chi connectivity index (χ0n) is 30.9. The highest BCUT2D eigenvalue weighted by molar-refractivity contribution is 6.83. The second-order valence-electron chi connectivity index (χ2n) is 17.5. The maximum atomic E-state index is 13.4. The molecule has 0 aromatic carbocycles. The molecule has 1 aliphatic rings. The van der Waals surface area contributed by atoms with E-state index in [4.69, 9.17) is 18.6 Å². The summed E-state index contributed by atoms with van der Waals surface area (Å²) in [5, 5.41) is 11.3. The lowest BCUT2D eigenvalue weighted by Crippen LogP contribution is -2.65. The molecule has 260 valence electrons. The lowest BCUT2D eigenvalue weighted by Gasteiger charge is -2.49. The molecule has 14 heteroatoms. The normalized spacial score (nSPS) is 21.8. The van der Waals surface area contributed by atoms with Crippen molar-refractivity contribution >= 4 is 45.6 Å². The first-order valence-corrected chi connectivity index (χ1v) is 21.9. The fourth-order valence-electron chi connectivity index (χ4n) is 4.97. The summed E-state index contributed by atoms with van der Waals surface area (Å²) in [4.78, 5) is 40.8. The number of hydrogen-bond donors (Lipinski definition) is 1. The van der Waals surface area contributed by atoms with E-state index in [1.807, 2.05) is 0 Å². The number of rotatable bonds is 6. The molecule has 0 bridgehead atoms. The fourth-order valence-corrected chi connectivity index (χ4v) is 8.91. The molecule has 0 unspecified atom stereocenters. The average Bonchev–Trinajstić information content (AvgIpc) is 3.41. The Morgan fingerprint density at radius 2 is 1.43 bits per heavy atom. The van der Waals surface area contributed by atoms with Crippen molar-refractivity contribution in [1.82, 2.24) is 19.5 Å². The lowest BCUT2D eigenvalue weighted by molar-refractivity contribution is -0.0549. The summed E-state index contributed by atoms with van der Waals surface area (Å²) in [6.07, 6.45) is -0.0551. The Balaban J connectivity index is 2.11. The molecule has 0 saturated carbocycles. The molecule has 1 N–H and O–H groups in total. The molecule has 3 heterocycles. The van der Waals surface area contributed by atoms with Crippen LogP contribution in [0.4, 0.5) is 15.4 Å². The van der Waals surface area contributed by atoms with Crippen molar-refractivity contribution < 1.29 is 33.3 Å². The molecule has 2 aromatic rings. The average molecular weight is 680 g/mol. The Hall–Kier alpha value is -2.40. The van der Waals surface area contributed by atoms with E-state index in [1.54, 1.807) is 52.4 Å². The SMILES string of the molecule is CC(C)(C)OC(=O)N(C(=O)OC(C)(C)C)c1ncnc2c1ncn2[C@H]1C[C@@](O)([Si](C)(C)C(C)(C)C)[C@@H](CO[Si](C)(C)C(C)(C)C)O1. The molecule has 2 amide bonds.